The average molecular weight is 367 g/mol. The number of H-pyrrole nitrogens is 1. The van der Waals surface area contributed by atoms with Crippen LogP contribution in [-0.4, -0.2) is 16.1 Å². The van der Waals surface area contributed by atoms with E-state index in [-0.39, 0.29) is 19.0 Å². The fraction of sp³-hybridized carbons (Fsp3) is 0.100. The van der Waals surface area contributed by atoms with Gasteiger partial charge in [0.15, 0.2) is 5.76 Å². The van der Waals surface area contributed by atoms with E-state index in [0.29, 0.717) is 16.5 Å². The standard InChI is InChI=1S/C20H15ClN2O3/c21-15-7-5-13(6-8-15)19-10-16(23-26-19)12-25-20(24)9-14-11-22-18-4-2-1-3-17(14)18/h1-8,10-11,22H,9,12H2. The van der Waals surface area contributed by atoms with Crippen LogP contribution in [0.4, 0.5) is 0 Å². The molecule has 2 aromatic carbocycles. The van der Waals surface area contributed by atoms with Crippen LogP contribution in [-0.2, 0) is 22.6 Å². The Balaban J connectivity index is 1.38. The molecular formula is C20H15ClN2O3. The van der Waals surface area contributed by atoms with Crippen molar-refractivity contribution >= 4 is 28.5 Å². The molecule has 6 heteroatoms. The van der Waals surface area contributed by atoms with Crippen molar-refractivity contribution < 1.29 is 14.1 Å². The van der Waals surface area contributed by atoms with E-state index in [2.05, 4.69) is 10.1 Å². The van der Waals surface area contributed by atoms with Crippen molar-refractivity contribution in [1.82, 2.24) is 10.1 Å². The van der Waals surface area contributed by atoms with E-state index in [4.69, 9.17) is 20.9 Å². The summed E-state index contributed by atoms with van der Waals surface area (Å²) in [6, 6.07) is 16.8. The molecule has 4 rings (SSSR count). The van der Waals surface area contributed by atoms with Crippen molar-refractivity contribution in [1.29, 1.82) is 0 Å². The summed E-state index contributed by atoms with van der Waals surface area (Å²) in [5.74, 6) is 0.287. The summed E-state index contributed by atoms with van der Waals surface area (Å²) in [6.45, 7) is 0.0677. The number of para-hydroxylation sites is 1. The minimum absolute atomic E-state index is 0.0677. The van der Waals surface area contributed by atoms with Crippen molar-refractivity contribution in [3.8, 4) is 11.3 Å². The lowest BCUT2D eigenvalue weighted by molar-refractivity contribution is -0.144. The molecule has 26 heavy (non-hydrogen) atoms. The van der Waals surface area contributed by atoms with Crippen molar-refractivity contribution in [2.24, 2.45) is 0 Å². The number of hydrogen-bond acceptors (Lipinski definition) is 4. The van der Waals surface area contributed by atoms with Gasteiger partial charge >= 0.3 is 5.97 Å². The van der Waals surface area contributed by atoms with Gasteiger partial charge in [0.25, 0.3) is 0 Å². The summed E-state index contributed by atoms with van der Waals surface area (Å²) in [4.78, 5) is 15.3. The Morgan fingerprint density at radius 3 is 2.81 bits per heavy atom. The normalized spacial score (nSPS) is 11.0. The van der Waals surface area contributed by atoms with E-state index in [0.717, 1.165) is 22.0 Å². The van der Waals surface area contributed by atoms with Crippen LogP contribution in [0.15, 0.2) is 65.3 Å². The average Bonchev–Trinajstić information content (AvgIpc) is 3.28. The Hall–Kier alpha value is -3.05. The molecule has 0 bridgehead atoms. The molecule has 5 nitrogen and oxygen atoms in total. The molecule has 0 spiro atoms. The highest BCUT2D eigenvalue weighted by Crippen LogP contribution is 2.23. The number of halogens is 1. The molecule has 0 aliphatic heterocycles. The molecule has 2 heterocycles. The molecule has 0 aliphatic carbocycles. The molecule has 0 fully saturated rings. The summed E-state index contributed by atoms with van der Waals surface area (Å²) in [6.07, 6.45) is 2.03. The van der Waals surface area contributed by atoms with Crippen molar-refractivity contribution in [3.63, 3.8) is 0 Å². The second kappa shape index (κ2) is 7.06. The van der Waals surface area contributed by atoms with Gasteiger partial charge in [0.2, 0.25) is 0 Å². The smallest absolute Gasteiger partial charge is 0.310 e. The summed E-state index contributed by atoms with van der Waals surface area (Å²) in [5, 5.41) is 5.62. The third-order valence-electron chi connectivity index (χ3n) is 4.08. The maximum atomic E-state index is 12.1. The lowest BCUT2D eigenvalue weighted by atomic mass is 10.1. The molecule has 0 radical (unpaired) electrons. The molecule has 0 saturated heterocycles. The molecule has 0 aliphatic rings. The van der Waals surface area contributed by atoms with E-state index in [9.17, 15) is 4.79 Å². The van der Waals surface area contributed by atoms with Gasteiger partial charge in [-0.25, -0.2) is 0 Å². The highest BCUT2D eigenvalue weighted by Gasteiger charge is 2.12. The van der Waals surface area contributed by atoms with Crippen LogP contribution >= 0.6 is 11.6 Å². The molecule has 0 atom stereocenters. The number of esters is 1. The largest absolute Gasteiger partial charge is 0.459 e. The number of fused-ring (bicyclic) bond motifs is 1. The zero-order valence-corrected chi connectivity index (χ0v) is 14.5. The number of benzene rings is 2. The lowest BCUT2D eigenvalue weighted by Crippen LogP contribution is -2.07. The second-order valence-electron chi connectivity index (χ2n) is 5.89. The molecule has 2 aromatic heterocycles. The van der Waals surface area contributed by atoms with Crippen LogP contribution in [0.5, 0.6) is 0 Å². The van der Waals surface area contributed by atoms with Crippen LogP contribution < -0.4 is 0 Å². The highest BCUT2D eigenvalue weighted by molar-refractivity contribution is 6.30. The summed E-state index contributed by atoms with van der Waals surface area (Å²) < 4.78 is 10.6. The molecule has 130 valence electrons. The molecular weight excluding hydrogens is 352 g/mol. The maximum Gasteiger partial charge on any atom is 0.310 e. The first kappa shape index (κ1) is 16.4. The molecule has 0 saturated carbocycles. The van der Waals surface area contributed by atoms with E-state index in [1.807, 2.05) is 42.6 Å². The van der Waals surface area contributed by atoms with Gasteiger partial charge in [0.05, 0.1) is 6.42 Å². The van der Waals surface area contributed by atoms with Gasteiger partial charge in [-0.15, -0.1) is 0 Å². The quantitative estimate of drug-likeness (QED) is 0.517. The Bertz CT molecular complexity index is 1050. The Kier molecular flexibility index (Phi) is 4.46. The van der Waals surface area contributed by atoms with Gasteiger partial charge in [-0.05, 0) is 35.9 Å². The summed E-state index contributed by atoms with van der Waals surface area (Å²) in [7, 11) is 0. The topological polar surface area (TPSA) is 68.1 Å². The van der Waals surface area contributed by atoms with E-state index >= 15 is 0 Å². The number of aromatic amines is 1. The first-order valence-corrected chi connectivity index (χ1v) is 8.49. The number of carbonyl (C=O) groups is 1. The predicted octanol–water partition coefficient (Wildman–Crippen LogP) is 4.76. The SMILES string of the molecule is O=C(Cc1c[nH]c2ccccc12)OCc1cc(-c2ccc(Cl)cc2)on1. The predicted molar refractivity (Wildman–Crippen MR) is 98.7 cm³/mol. The van der Waals surface area contributed by atoms with Crippen LogP contribution in [0.3, 0.4) is 0 Å². The number of ether oxygens (including phenoxy) is 1. The Labute approximate surface area is 154 Å². The van der Waals surface area contributed by atoms with Crippen molar-refractivity contribution in [2.45, 2.75) is 13.0 Å². The Morgan fingerprint density at radius 2 is 1.96 bits per heavy atom. The Morgan fingerprint density at radius 1 is 1.15 bits per heavy atom. The van der Waals surface area contributed by atoms with Gasteiger partial charge < -0.3 is 14.2 Å². The maximum absolute atomic E-state index is 12.1. The first-order valence-electron chi connectivity index (χ1n) is 8.11. The third kappa shape index (κ3) is 3.48. The van der Waals surface area contributed by atoms with Gasteiger partial charge in [-0.1, -0.05) is 35.0 Å². The minimum Gasteiger partial charge on any atom is -0.459 e. The molecule has 0 unspecified atom stereocenters. The van der Waals surface area contributed by atoms with E-state index in [1.165, 1.54) is 0 Å². The van der Waals surface area contributed by atoms with Gasteiger partial charge in [-0.3, -0.25) is 4.79 Å². The van der Waals surface area contributed by atoms with Crippen LogP contribution in [0.25, 0.3) is 22.2 Å². The van der Waals surface area contributed by atoms with Crippen LogP contribution in [0.1, 0.15) is 11.3 Å². The van der Waals surface area contributed by atoms with Crippen molar-refractivity contribution in [2.75, 3.05) is 0 Å². The fourth-order valence-corrected chi connectivity index (χ4v) is 2.89. The van der Waals surface area contributed by atoms with Gasteiger partial charge in [-0.2, -0.15) is 0 Å². The first-order chi connectivity index (χ1) is 12.7. The highest BCUT2D eigenvalue weighted by atomic mass is 35.5. The van der Waals surface area contributed by atoms with Crippen molar-refractivity contribution in [3.05, 3.63) is 77.1 Å². The lowest BCUT2D eigenvalue weighted by Gasteiger charge is -2.01. The van der Waals surface area contributed by atoms with E-state index in [1.54, 1.807) is 18.2 Å². The van der Waals surface area contributed by atoms with Gasteiger partial charge in [0.1, 0.15) is 12.3 Å². The van der Waals surface area contributed by atoms with Crippen LogP contribution in [0, 0.1) is 0 Å². The minimum atomic E-state index is -0.314. The molecule has 4 aromatic rings. The fourth-order valence-electron chi connectivity index (χ4n) is 2.77. The molecule has 0 amide bonds. The number of carbonyl (C=O) groups excluding carboxylic acids is 1. The third-order valence-corrected chi connectivity index (χ3v) is 4.33. The van der Waals surface area contributed by atoms with Crippen LogP contribution in [0.2, 0.25) is 5.02 Å². The summed E-state index contributed by atoms with van der Waals surface area (Å²) >= 11 is 5.88. The monoisotopic (exact) mass is 366 g/mol. The number of aromatic nitrogens is 2. The number of rotatable bonds is 5. The summed E-state index contributed by atoms with van der Waals surface area (Å²) in [5.41, 5.74) is 3.33. The number of nitrogens with one attached hydrogen (secondary N) is 1. The number of hydrogen-bond donors (Lipinski definition) is 1. The second-order valence-corrected chi connectivity index (χ2v) is 6.32. The van der Waals surface area contributed by atoms with E-state index < -0.39 is 0 Å². The molecule has 1 N–H and O–H groups in total. The van der Waals surface area contributed by atoms with Gasteiger partial charge in [0, 0.05) is 33.8 Å². The zero-order valence-electron chi connectivity index (χ0n) is 13.7. The number of nitrogens with zero attached hydrogens (tertiary/aromatic N) is 1. The zero-order chi connectivity index (χ0) is 17.9.